The molecule has 2 unspecified atom stereocenters. The third kappa shape index (κ3) is 3.70. The van der Waals surface area contributed by atoms with Crippen LogP contribution < -0.4 is 5.32 Å². The zero-order valence-corrected chi connectivity index (χ0v) is 11.2. The Morgan fingerprint density at radius 1 is 1.58 bits per heavy atom. The van der Waals surface area contributed by atoms with Gasteiger partial charge in [0.25, 0.3) is 11.6 Å². The largest absolute Gasteiger partial charge is 0.351 e. The molecule has 0 saturated heterocycles. The fraction of sp³-hybridized carbons (Fsp3) is 0.583. The van der Waals surface area contributed by atoms with Crippen LogP contribution in [0.2, 0.25) is 0 Å². The lowest BCUT2D eigenvalue weighted by Crippen LogP contribution is -2.32. The van der Waals surface area contributed by atoms with Crippen molar-refractivity contribution in [1.29, 1.82) is 0 Å². The predicted octanol–water partition coefficient (Wildman–Crippen LogP) is 2.45. The molecule has 1 aromatic rings. The second kappa shape index (κ2) is 6.06. The Bertz CT molecular complexity index is 475. The average Bonchev–Trinajstić information content (AvgIpc) is 2.86. The highest BCUT2D eigenvalue weighted by Crippen LogP contribution is 2.27. The van der Waals surface area contributed by atoms with Crippen molar-refractivity contribution in [2.75, 3.05) is 6.54 Å². The van der Waals surface area contributed by atoms with Crippen LogP contribution in [0.5, 0.6) is 0 Å². The van der Waals surface area contributed by atoms with Crippen LogP contribution >= 0.6 is 11.6 Å². The van der Waals surface area contributed by atoms with Crippen molar-refractivity contribution in [2.24, 2.45) is 5.92 Å². The molecular formula is C12H16ClN3O3. The standard InChI is InChI=1S/C12H16ClN3O3/c13-9-3-1-2-8(4-9)6-15-12(17)11-5-10(7-14-11)16(18)19/h5,7-9,14H,1-4,6H2,(H,15,17). The molecule has 6 nitrogen and oxygen atoms in total. The Balaban J connectivity index is 1.85. The fourth-order valence-electron chi connectivity index (χ4n) is 2.36. The van der Waals surface area contributed by atoms with Crippen molar-refractivity contribution >= 4 is 23.2 Å². The number of H-pyrrole nitrogens is 1. The number of aromatic amines is 1. The number of alkyl halides is 1. The van der Waals surface area contributed by atoms with Gasteiger partial charge in [0.15, 0.2) is 0 Å². The van der Waals surface area contributed by atoms with Crippen molar-refractivity contribution in [3.63, 3.8) is 0 Å². The molecule has 1 amide bonds. The third-order valence-electron chi connectivity index (χ3n) is 3.39. The molecule has 2 N–H and O–H groups in total. The van der Waals surface area contributed by atoms with Gasteiger partial charge in [-0.3, -0.25) is 14.9 Å². The zero-order valence-electron chi connectivity index (χ0n) is 10.4. The topological polar surface area (TPSA) is 88.0 Å². The van der Waals surface area contributed by atoms with Gasteiger partial charge >= 0.3 is 0 Å². The highest BCUT2D eigenvalue weighted by atomic mass is 35.5. The van der Waals surface area contributed by atoms with Gasteiger partial charge in [-0.05, 0) is 25.2 Å². The molecule has 1 heterocycles. The van der Waals surface area contributed by atoms with E-state index in [1.54, 1.807) is 0 Å². The van der Waals surface area contributed by atoms with Gasteiger partial charge in [0.1, 0.15) is 5.69 Å². The number of hydrogen-bond acceptors (Lipinski definition) is 3. The number of aromatic nitrogens is 1. The van der Waals surface area contributed by atoms with E-state index in [9.17, 15) is 14.9 Å². The second-order valence-electron chi connectivity index (χ2n) is 4.87. The molecule has 7 heteroatoms. The van der Waals surface area contributed by atoms with Crippen LogP contribution in [0.15, 0.2) is 12.3 Å². The maximum absolute atomic E-state index is 11.8. The van der Waals surface area contributed by atoms with Crippen LogP contribution in [0.25, 0.3) is 0 Å². The van der Waals surface area contributed by atoms with E-state index in [0.717, 1.165) is 25.7 Å². The van der Waals surface area contributed by atoms with Gasteiger partial charge in [-0.1, -0.05) is 6.42 Å². The number of carbonyl (C=O) groups excluding carboxylic acids is 1. The Hall–Kier alpha value is -1.56. The number of nitrogens with one attached hydrogen (secondary N) is 2. The Labute approximate surface area is 115 Å². The number of amides is 1. The van der Waals surface area contributed by atoms with Gasteiger partial charge in [-0.15, -0.1) is 11.6 Å². The minimum Gasteiger partial charge on any atom is -0.351 e. The molecular weight excluding hydrogens is 270 g/mol. The van der Waals surface area contributed by atoms with Crippen molar-refractivity contribution < 1.29 is 9.72 Å². The van der Waals surface area contributed by atoms with Crippen LogP contribution in [0.3, 0.4) is 0 Å². The molecule has 19 heavy (non-hydrogen) atoms. The first-order valence-electron chi connectivity index (χ1n) is 6.31. The summed E-state index contributed by atoms with van der Waals surface area (Å²) in [7, 11) is 0. The lowest BCUT2D eigenvalue weighted by atomic mass is 9.89. The van der Waals surface area contributed by atoms with E-state index in [1.165, 1.54) is 12.3 Å². The molecule has 1 saturated carbocycles. The highest BCUT2D eigenvalue weighted by molar-refractivity contribution is 6.20. The zero-order chi connectivity index (χ0) is 13.8. The smallest absolute Gasteiger partial charge is 0.287 e. The van der Waals surface area contributed by atoms with E-state index in [1.807, 2.05) is 0 Å². The maximum Gasteiger partial charge on any atom is 0.287 e. The summed E-state index contributed by atoms with van der Waals surface area (Å²) >= 11 is 6.09. The number of rotatable bonds is 4. The first-order valence-corrected chi connectivity index (χ1v) is 6.75. The van der Waals surface area contributed by atoms with Crippen LogP contribution in [0.4, 0.5) is 5.69 Å². The van der Waals surface area contributed by atoms with Crippen LogP contribution in [-0.4, -0.2) is 27.7 Å². The summed E-state index contributed by atoms with van der Waals surface area (Å²) in [6.07, 6.45) is 5.31. The molecule has 2 rings (SSSR count). The number of carbonyl (C=O) groups is 1. The molecule has 1 aromatic heterocycles. The van der Waals surface area contributed by atoms with Gasteiger partial charge in [0.2, 0.25) is 0 Å². The SMILES string of the molecule is O=C(NCC1CCCC(Cl)C1)c1cc([N+](=O)[O-])c[nH]1. The van der Waals surface area contributed by atoms with E-state index >= 15 is 0 Å². The lowest BCUT2D eigenvalue weighted by molar-refractivity contribution is -0.384. The van der Waals surface area contributed by atoms with Crippen molar-refractivity contribution in [1.82, 2.24) is 10.3 Å². The van der Waals surface area contributed by atoms with E-state index < -0.39 is 4.92 Å². The quantitative estimate of drug-likeness (QED) is 0.506. The van der Waals surface area contributed by atoms with Gasteiger partial charge in [-0.2, -0.15) is 0 Å². The van der Waals surface area contributed by atoms with E-state index in [4.69, 9.17) is 11.6 Å². The summed E-state index contributed by atoms with van der Waals surface area (Å²) in [5.74, 6) is 0.0787. The van der Waals surface area contributed by atoms with Gasteiger partial charge in [0.05, 0.1) is 11.1 Å². The van der Waals surface area contributed by atoms with Crippen LogP contribution in [0, 0.1) is 16.0 Å². The number of hydrogen-bond donors (Lipinski definition) is 2. The second-order valence-corrected chi connectivity index (χ2v) is 5.49. The van der Waals surface area contributed by atoms with Gasteiger partial charge in [0, 0.05) is 18.0 Å². The molecule has 0 radical (unpaired) electrons. The molecule has 1 aliphatic carbocycles. The van der Waals surface area contributed by atoms with Crippen LogP contribution in [-0.2, 0) is 0 Å². The van der Waals surface area contributed by atoms with Crippen molar-refractivity contribution in [3.8, 4) is 0 Å². The minimum atomic E-state index is -0.535. The summed E-state index contributed by atoms with van der Waals surface area (Å²) in [6, 6.07) is 1.24. The minimum absolute atomic E-state index is 0.108. The molecule has 0 aliphatic heterocycles. The summed E-state index contributed by atoms with van der Waals surface area (Å²) in [5, 5.41) is 13.5. The number of nitrogens with zero attached hydrogens (tertiary/aromatic N) is 1. The summed E-state index contributed by atoms with van der Waals surface area (Å²) < 4.78 is 0. The predicted molar refractivity (Wildman–Crippen MR) is 71.4 cm³/mol. The third-order valence-corrected chi connectivity index (χ3v) is 3.79. The average molecular weight is 286 g/mol. The van der Waals surface area contributed by atoms with E-state index in [0.29, 0.717) is 12.5 Å². The molecule has 104 valence electrons. The summed E-state index contributed by atoms with van der Waals surface area (Å²) in [5.41, 5.74) is 0.105. The van der Waals surface area contributed by atoms with Crippen molar-refractivity contribution in [2.45, 2.75) is 31.1 Å². The van der Waals surface area contributed by atoms with Gasteiger partial charge < -0.3 is 10.3 Å². The molecule has 1 aliphatic rings. The van der Waals surface area contributed by atoms with E-state index in [2.05, 4.69) is 10.3 Å². The Kier molecular flexibility index (Phi) is 4.42. The first kappa shape index (κ1) is 13.9. The van der Waals surface area contributed by atoms with E-state index in [-0.39, 0.29) is 22.7 Å². The molecule has 0 bridgehead atoms. The van der Waals surface area contributed by atoms with Crippen molar-refractivity contribution in [3.05, 3.63) is 28.1 Å². The summed E-state index contributed by atoms with van der Waals surface area (Å²) in [6.45, 7) is 0.564. The normalized spacial score (nSPS) is 23.0. The van der Waals surface area contributed by atoms with Crippen LogP contribution in [0.1, 0.15) is 36.2 Å². The molecule has 0 aromatic carbocycles. The first-order chi connectivity index (χ1) is 9.06. The summed E-state index contributed by atoms with van der Waals surface area (Å²) in [4.78, 5) is 24.4. The number of nitro groups is 1. The Morgan fingerprint density at radius 3 is 3.00 bits per heavy atom. The maximum atomic E-state index is 11.8. The van der Waals surface area contributed by atoms with Gasteiger partial charge in [-0.25, -0.2) is 0 Å². The molecule has 0 spiro atoms. The molecule has 1 fully saturated rings. The highest BCUT2D eigenvalue weighted by Gasteiger charge is 2.21. The fourth-order valence-corrected chi connectivity index (χ4v) is 2.77. The lowest BCUT2D eigenvalue weighted by Gasteiger charge is -2.25. The monoisotopic (exact) mass is 285 g/mol. The Morgan fingerprint density at radius 2 is 2.37 bits per heavy atom. The molecule has 2 atom stereocenters. The number of halogens is 1.